The fraction of sp³-hybridized carbons (Fsp3) is 0.389. The van der Waals surface area contributed by atoms with E-state index < -0.39 is 6.17 Å². The molecule has 0 radical (unpaired) electrons. The topological polar surface area (TPSA) is 96.2 Å². The molecule has 0 saturated carbocycles. The predicted molar refractivity (Wildman–Crippen MR) is 96.8 cm³/mol. The number of benzene rings is 1. The third-order valence-corrected chi connectivity index (χ3v) is 4.16. The van der Waals surface area contributed by atoms with E-state index >= 15 is 0 Å². The first kappa shape index (κ1) is 18.1. The van der Waals surface area contributed by atoms with Gasteiger partial charge in [0.2, 0.25) is 5.95 Å². The van der Waals surface area contributed by atoms with E-state index in [1.807, 2.05) is 20.0 Å². The van der Waals surface area contributed by atoms with Crippen LogP contribution in [0.1, 0.15) is 36.8 Å². The molecule has 0 saturated heterocycles. The van der Waals surface area contributed by atoms with E-state index in [0.717, 1.165) is 11.3 Å². The molecule has 1 aromatic carbocycles. The summed E-state index contributed by atoms with van der Waals surface area (Å²) in [5.74, 6) is 0.217. The number of hydrogen-bond donors (Lipinski definition) is 3. The lowest BCUT2D eigenvalue weighted by molar-refractivity contribution is 0.187. The van der Waals surface area contributed by atoms with Gasteiger partial charge in [0, 0.05) is 18.8 Å². The van der Waals surface area contributed by atoms with Crippen LogP contribution in [0.5, 0.6) is 0 Å². The van der Waals surface area contributed by atoms with Crippen LogP contribution in [0.15, 0.2) is 30.5 Å². The van der Waals surface area contributed by atoms with E-state index in [2.05, 4.69) is 20.6 Å². The van der Waals surface area contributed by atoms with Crippen molar-refractivity contribution in [1.29, 1.82) is 0 Å². The van der Waals surface area contributed by atoms with E-state index in [9.17, 15) is 9.18 Å². The van der Waals surface area contributed by atoms with Gasteiger partial charge in [0.25, 0.3) is 0 Å². The SMILES string of the molecule is CC(C)Nc1ncc2c(n1)CN(C(=O)N[C@H](N)c1ccc(F)cc1)CC2. The molecule has 1 aliphatic heterocycles. The Morgan fingerprint density at radius 1 is 1.31 bits per heavy atom. The molecule has 8 heteroatoms. The average molecular weight is 358 g/mol. The molecule has 0 aliphatic carbocycles. The number of anilines is 1. The van der Waals surface area contributed by atoms with Gasteiger partial charge >= 0.3 is 6.03 Å². The molecule has 1 aromatic heterocycles. The molecule has 26 heavy (non-hydrogen) atoms. The lowest BCUT2D eigenvalue weighted by Gasteiger charge is -2.29. The summed E-state index contributed by atoms with van der Waals surface area (Å²) in [7, 11) is 0. The van der Waals surface area contributed by atoms with E-state index in [-0.39, 0.29) is 17.9 Å². The Kier molecular flexibility index (Phi) is 5.32. The summed E-state index contributed by atoms with van der Waals surface area (Å²) in [4.78, 5) is 23.0. The van der Waals surface area contributed by atoms with Gasteiger partial charge in [0.1, 0.15) is 12.0 Å². The van der Waals surface area contributed by atoms with E-state index in [1.54, 1.807) is 17.0 Å². The summed E-state index contributed by atoms with van der Waals surface area (Å²) in [5.41, 5.74) is 8.53. The standard InChI is InChI=1S/C18H23FN6O/c1-11(2)22-17-21-9-13-7-8-25(10-15(13)23-17)18(26)24-16(20)12-3-5-14(19)6-4-12/h3-6,9,11,16H,7-8,10,20H2,1-2H3,(H,24,26)(H,21,22,23)/t16-/m0/s1. The number of rotatable bonds is 4. The average Bonchev–Trinajstić information content (AvgIpc) is 2.61. The number of nitrogens with two attached hydrogens (primary N) is 1. The van der Waals surface area contributed by atoms with Gasteiger partial charge in [-0.25, -0.2) is 19.2 Å². The van der Waals surface area contributed by atoms with Crippen molar-refractivity contribution in [3.8, 4) is 0 Å². The number of carbonyl (C=O) groups excluding carboxylic acids is 1. The molecular formula is C18H23FN6O. The zero-order valence-electron chi connectivity index (χ0n) is 14.9. The van der Waals surface area contributed by atoms with Crippen molar-refractivity contribution >= 4 is 12.0 Å². The monoisotopic (exact) mass is 358 g/mol. The molecule has 2 heterocycles. The van der Waals surface area contributed by atoms with Gasteiger partial charge in [-0.2, -0.15) is 0 Å². The van der Waals surface area contributed by atoms with Gasteiger partial charge in [-0.1, -0.05) is 12.1 Å². The second kappa shape index (κ2) is 7.65. The molecule has 4 N–H and O–H groups in total. The highest BCUT2D eigenvalue weighted by Crippen LogP contribution is 2.18. The van der Waals surface area contributed by atoms with Crippen LogP contribution in [0, 0.1) is 5.82 Å². The van der Waals surface area contributed by atoms with Crippen LogP contribution in [0.3, 0.4) is 0 Å². The highest BCUT2D eigenvalue weighted by Gasteiger charge is 2.24. The quantitative estimate of drug-likeness (QED) is 0.728. The van der Waals surface area contributed by atoms with E-state index in [4.69, 9.17) is 5.73 Å². The van der Waals surface area contributed by atoms with Crippen molar-refractivity contribution in [2.75, 3.05) is 11.9 Å². The van der Waals surface area contributed by atoms with Crippen molar-refractivity contribution in [1.82, 2.24) is 20.2 Å². The lowest BCUT2D eigenvalue weighted by atomic mass is 10.1. The summed E-state index contributed by atoms with van der Waals surface area (Å²) in [6.07, 6.45) is 1.80. The number of nitrogens with zero attached hydrogens (tertiary/aromatic N) is 3. The molecule has 138 valence electrons. The number of fused-ring (bicyclic) bond motifs is 1. The maximum Gasteiger partial charge on any atom is 0.319 e. The Morgan fingerprint density at radius 2 is 2.04 bits per heavy atom. The molecular weight excluding hydrogens is 335 g/mol. The fourth-order valence-corrected chi connectivity index (χ4v) is 2.78. The second-order valence-corrected chi connectivity index (χ2v) is 6.61. The second-order valence-electron chi connectivity index (χ2n) is 6.61. The first-order valence-corrected chi connectivity index (χ1v) is 8.60. The molecule has 7 nitrogen and oxygen atoms in total. The minimum atomic E-state index is -0.701. The molecule has 2 aromatic rings. The summed E-state index contributed by atoms with van der Waals surface area (Å²) < 4.78 is 13.0. The molecule has 0 fully saturated rings. The van der Waals surface area contributed by atoms with Crippen molar-refractivity contribution in [2.24, 2.45) is 5.73 Å². The summed E-state index contributed by atoms with van der Waals surface area (Å²) in [5, 5.41) is 5.91. The van der Waals surface area contributed by atoms with Crippen molar-refractivity contribution in [3.63, 3.8) is 0 Å². The molecule has 0 bridgehead atoms. The van der Waals surface area contributed by atoms with Crippen LogP contribution in [0.4, 0.5) is 15.1 Å². The number of nitrogens with one attached hydrogen (secondary N) is 2. The Labute approximate surface area is 151 Å². The predicted octanol–water partition coefficient (Wildman–Crippen LogP) is 2.16. The molecule has 1 atom stereocenters. The zero-order chi connectivity index (χ0) is 18.7. The Hall–Kier alpha value is -2.74. The van der Waals surface area contributed by atoms with Gasteiger partial charge < -0.3 is 21.3 Å². The van der Waals surface area contributed by atoms with E-state index in [0.29, 0.717) is 31.0 Å². The number of urea groups is 1. The van der Waals surface area contributed by atoms with Gasteiger partial charge in [-0.05, 0) is 43.5 Å². The van der Waals surface area contributed by atoms with Crippen LogP contribution in [0.2, 0.25) is 0 Å². The summed E-state index contributed by atoms with van der Waals surface area (Å²) in [6, 6.07) is 5.71. The van der Waals surface area contributed by atoms with Crippen molar-refractivity contribution in [3.05, 3.63) is 53.1 Å². The van der Waals surface area contributed by atoms with Crippen LogP contribution >= 0.6 is 0 Å². The van der Waals surface area contributed by atoms with Gasteiger partial charge in [0.15, 0.2) is 0 Å². The first-order valence-electron chi connectivity index (χ1n) is 8.60. The largest absolute Gasteiger partial charge is 0.352 e. The fourth-order valence-electron chi connectivity index (χ4n) is 2.78. The number of aromatic nitrogens is 2. The Balaban J connectivity index is 1.65. The number of amides is 2. The van der Waals surface area contributed by atoms with Crippen LogP contribution < -0.4 is 16.4 Å². The lowest BCUT2D eigenvalue weighted by Crippen LogP contribution is -2.46. The highest BCUT2D eigenvalue weighted by molar-refractivity contribution is 5.75. The van der Waals surface area contributed by atoms with Crippen molar-refractivity contribution < 1.29 is 9.18 Å². The Morgan fingerprint density at radius 3 is 2.73 bits per heavy atom. The van der Waals surface area contributed by atoms with Gasteiger partial charge in [0.05, 0.1) is 12.2 Å². The van der Waals surface area contributed by atoms with Gasteiger partial charge in [-0.15, -0.1) is 0 Å². The highest BCUT2D eigenvalue weighted by atomic mass is 19.1. The van der Waals surface area contributed by atoms with Crippen LogP contribution in [0.25, 0.3) is 0 Å². The number of halogens is 1. The number of hydrogen-bond acceptors (Lipinski definition) is 5. The third kappa shape index (κ3) is 4.26. The normalized spacial score (nSPS) is 14.7. The minimum absolute atomic E-state index is 0.227. The van der Waals surface area contributed by atoms with Crippen LogP contribution in [-0.4, -0.2) is 33.5 Å². The maximum absolute atomic E-state index is 13.0. The molecule has 0 spiro atoms. The number of carbonyl (C=O) groups is 1. The smallest absolute Gasteiger partial charge is 0.319 e. The molecule has 0 unspecified atom stereocenters. The van der Waals surface area contributed by atoms with Crippen LogP contribution in [-0.2, 0) is 13.0 Å². The molecule has 1 aliphatic rings. The zero-order valence-corrected chi connectivity index (χ0v) is 14.9. The summed E-state index contributed by atoms with van der Waals surface area (Å²) in [6.45, 7) is 4.99. The van der Waals surface area contributed by atoms with Gasteiger partial charge in [-0.3, -0.25) is 0 Å². The molecule has 3 rings (SSSR count). The minimum Gasteiger partial charge on any atom is -0.352 e. The Bertz CT molecular complexity index is 780. The summed E-state index contributed by atoms with van der Waals surface area (Å²) >= 11 is 0. The van der Waals surface area contributed by atoms with Crippen molar-refractivity contribution in [2.45, 2.75) is 39.0 Å². The maximum atomic E-state index is 13.0. The van der Waals surface area contributed by atoms with E-state index in [1.165, 1.54) is 12.1 Å². The first-order chi connectivity index (χ1) is 12.4. The molecule has 2 amide bonds. The third-order valence-electron chi connectivity index (χ3n) is 4.16.